The molecule has 1 unspecified atom stereocenters. The van der Waals surface area contributed by atoms with Crippen molar-refractivity contribution >= 4 is 0 Å². The first-order chi connectivity index (χ1) is 9.65. The Morgan fingerprint density at radius 2 is 1.95 bits per heavy atom. The highest BCUT2D eigenvalue weighted by Crippen LogP contribution is 2.32. The van der Waals surface area contributed by atoms with Crippen LogP contribution in [0.5, 0.6) is 0 Å². The van der Waals surface area contributed by atoms with E-state index in [4.69, 9.17) is 10.8 Å². The average molecular weight is 284 g/mol. The van der Waals surface area contributed by atoms with E-state index >= 15 is 0 Å². The van der Waals surface area contributed by atoms with Crippen molar-refractivity contribution in [1.29, 1.82) is 0 Å². The van der Waals surface area contributed by atoms with E-state index in [0.717, 1.165) is 31.5 Å². The summed E-state index contributed by atoms with van der Waals surface area (Å²) in [6.45, 7) is 3.16. The van der Waals surface area contributed by atoms with Crippen LogP contribution >= 0.6 is 0 Å². The number of hydrogen-bond donors (Lipinski definition) is 2. The Kier molecular flexibility index (Phi) is 5.46. The number of halogens is 2. The Balaban J connectivity index is 2.03. The summed E-state index contributed by atoms with van der Waals surface area (Å²) in [5, 5.41) is 8.94. The lowest BCUT2D eigenvalue weighted by Gasteiger charge is -2.35. The molecule has 0 spiro atoms. The van der Waals surface area contributed by atoms with Crippen molar-refractivity contribution in [2.75, 3.05) is 32.8 Å². The Labute approximate surface area is 118 Å². The van der Waals surface area contributed by atoms with Gasteiger partial charge in [-0.15, -0.1) is 0 Å². The Hall–Kier alpha value is -1.04. The van der Waals surface area contributed by atoms with Crippen LogP contribution in [0.4, 0.5) is 8.78 Å². The number of likely N-dealkylation sites (tertiary alicyclic amines) is 1. The third-order valence-corrected chi connectivity index (χ3v) is 4.24. The molecule has 3 N–H and O–H groups in total. The minimum absolute atomic E-state index is 0.0707. The number of benzene rings is 1. The van der Waals surface area contributed by atoms with Crippen molar-refractivity contribution in [1.82, 2.24) is 4.90 Å². The van der Waals surface area contributed by atoms with Gasteiger partial charge in [-0.25, -0.2) is 8.78 Å². The van der Waals surface area contributed by atoms with Gasteiger partial charge in [0.2, 0.25) is 0 Å². The van der Waals surface area contributed by atoms with E-state index in [2.05, 4.69) is 4.90 Å². The molecule has 5 heteroatoms. The van der Waals surface area contributed by atoms with Crippen LogP contribution in [-0.4, -0.2) is 42.8 Å². The van der Waals surface area contributed by atoms with Crippen LogP contribution in [-0.2, 0) is 0 Å². The highest BCUT2D eigenvalue weighted by atomic mass is 19.2. The lowest BCUT2D eigenvalue weighted by Crippen LogP contribution is -2.38. The zero-order valence-corrected chi connectivity index (χ0v) is 11.6. The molecule has 3 nitrogen and oxygen atoms in total. The second kappa shape index (κ2) is 7.11. The van der Waals surface area contributed by atoms with Crippen molar-refractivity contribution < 1.29 is 13.9 Å². The van der Waals surface area contributed by atoms with Crippen LogP contribution in [0.1, 0.15) is 24.3 Å². The molecule has 112 valence electrons. The van der Waals surface area contributed by atoms with E-state index < -0.39 is 11.6 Å². The van der Waals surface area contributed by atoms with E-state index in [1.807, 2.05) is 0 Å². The van der Waals surface area contributed by atoms with E-state index in [9.17, 15) is 8.78 Å². The monoisotopic (exact) mass is 284 g/mol. The maximum atomic E-state index is 13.4. The van der Waals surface area contributed by atoms with Crippen molar-refractivity contribution in [2.45, 2.75) is 18.8 Å². The fourth-order valence-electron chi connectivity index (χ4n) is 3.06. The summed E-state index contributed by atoms with van der Waals surface area (Å²) in [4.78, 5) is 2.22. The lowest BCUT2D eigenvalue weighted by molar-refractivity contribution is 0.138. The van der Waals surface area contributed by atoms with Gasteiger partial charge in [-0.1, -0.05) is 6.07 Å². The van der Waals surface area contributed by atoms with Crippen LogP contribution in [0.2, 0.25) is 0 Å². The van der Waals surface area contributed by atoms with Crippen LogP contribution in [0.25, 0.3) is 0 Å². The molecule has 1 aromatic carbocycles. The molecule has 0 aromatic heterocycles. The van der Waals surface area contributed by atoms with Gasteiger partial charge in [-0.3, -0.25) is 0 Å². The molecule has 0 aliphatic carbocycles. The lowest BCUT2D eigenvalue weighted by atomic mass is 9.80. The Morgan fingerprint density at radius 1 is 1.25 bits per heavy atom. The molecule has 1 atom stereocenters. The molecule has 1 aliphatic heterocycles. The molecule has 1 saturated heterocycles. The van der Waals surface area contributed by atoms with Gasteiger partial charge >= 0.3 is 0 Å². The molecule has 1 heterocycles. The molecule has 1 aliphatic rings. The number of nitrogens with two attached hydrogens (primary N) is 1. The number of aliphatic hydroxyl groups excluding tert-OH is 1. The summed E-state index contributed by atoms with van der Waals surface area (Å²) in [6.07, 6.45) is 1.95. The minimum atomic E-state index is -0.817. The highest BCUT2D eigenvalue weighted by Gasteiger charge is 2.27. The van der Waals surface area contributed by atoms with Crippen LogP contribution < -0.4 is 5.73 Å². The van der Waals surface area contributed by atoms with Gasteiger partial charge in [0.05, 0.1) is 6.61 Å². The van der Waals surface area contributed by atoms with Gasteiger partial charge in [-0.05, 0) is 62.0 Å². The van der Waals surface area contributed by atoms with Crippen molar-refractivity contribution in [2.24, 2.45) is 11.7 Å². The summed E-state index contributed by atoms with van der Waals surface area (Å²) in [6, 6.07) is 4.08. The SMILES string of the molecule is NCC(c1ccc(F)c(F)c1)C1CCN(CCO)CC1. The standard InChI is InChI=1S/C15H22F2N2O/c16-14-2-1-12(9-15(14)17)13(10-18)11-3-5-19(6-4-11)7-8-20/h1-2,9,11,13,20H,3-8,10,18H2. The first-order valence-corrected chi connectivity index (χ1v) is 7.14. The van der Waals surface area contributed by atoms with Crippen molar-refractivity contribution in [3.63, 3.8) is 0 Å². The smallest absolute Gasteiger partial charge is 0.159 e. The average Bonchev–Trinajstić information content (AvgIpc) is 2.46. The van der Waals surface area contributed by atoms with E-state index in [-0.39, 0.29) is 12.5 Å². The van der Waals surface area contributed by atoms with Gasteiger partial charge in [-0.2, -0.15) is 0 Å². The summed E-state index contributed by atoms with van der Waals surface area (Å²) >= 11 is 0. The highest BCUT2D eigenvalue weighted by molar-refractivity contribution is 5.23. The quantitative estimate of drug-likeness (QED) is 0.865. The topological polar surface area (TPSA) is 49.5 Å². The molecule has 2 rings (SSSR count). The summed E-state index contributed by atoms with van der Waals surface area (Å²) in [7, 11) is 0. The first-order valence-electron chi connectivity index (χ1n) is 7.14. The maximum Gasteiger partial charge on any atom is 0.159 e. The fourth-order valence-corrected chi connectivity index (χ4v) is 3.06. The summed E-state index contributed by atoms with van der Waals surface area (Å²) in [5.41, 5.74) is 6.63. The fraction of sp³-hybridized carbons (Fsp3) is 0.600. The van der Waals surface area contributed by atoms with Crippen LogP contribution in [0.15, 0.2) is 18.2 Å². The normalized spacial score (nSPS) is 19.2. The molecule has 1 fully saturated rings. The van der Waals surface area contributed by atoms with Gasteiger partial charge in [0.25, 0.3) is 0 Å². The first kappa shape index (κ1) is 15.4. The van der Waals surface area contributed by atoms with E-state index in [1.165, 1.54) is 12.1 Å². The van der Waals surface area contributed by atoms with Crippen molar-refractivity contribution in [3.8, 4) is 0 Å². The molecule has 0 amide bonds. The second-order valence-corrected chi connectivity index (χ2v) is 5.42. The van der Waals surface area contributed by atoms with Gasteiger partial charge in [0, 0.05) is 6.54 Å². The number of β-amino-alcohol motifs (C(OH)–C–C–N with tert-alkyl or cyclic N) is 1. The predicted molar refractivity (Wildman–Crippen MR) is 74.4 cm³/mol. The molecule has 0 bridgehead atoms. The summed E-state index contributed by atoms with van der Waals surface area (Å²) in [5.74, 6) is -1.16. The van der Waals surface area contributed by atoms with Gasteiger partial charge in [0.15, 0.2) is 11.6 Å². The van der Waals surface area contributed by atoms with Crippen molar-refractivity contribution in [3.05, 3.63) is 35.4 Å². The van der Waals surface area contributed by atoms with E-state index in [0.29, 0.717) is 19.0 Å². The van der Waals surface area contributed by atoms with Crippen LogP contribution in [0.3, 0.4) is 0 Å². The molecule has 0 radical (unpaired) electrons. The number of aliphatic hydroxyl groups is 1. The van der Waals surface area contributed by atoms with E-state index in [1.54, 1.807) is 6.07 Å². The third kappa shape index (κ3) is 3.53. The third-order valence-electron chi connectivity index (χ3n) is 4.24. The molecule has 0 saturated carbocycles. The largest absolute Gasteiger partial charge is 0.395 e. The van der Waals surface area contributed by atoms with Gasteiger partial charge in [0.1, 0.15) is 0 Å². The second-order valence-electron chi connectivity index (χ2n) is 5.42. The molecular weight excluding hydrogens is 262 g/mol. The Morgan fingerprint density at radius 3 is 2.50 bits per heavy atom. The zero-order valence-electron chi connectivity index (χ0n) is 11.6. The predicted octanol–water partition coefficient (Wildman–Crippen LogP) is 1.71. The molecule has 1 aromatic rings. The number of hydrogen-bond acceptors (Lipinski definition) is 3. The number of rotatable bonds is 5. The summed E-state index contributed by atoms with van der Waals surface area (Å²) < 4.78 is 26.4. The molecular formula is C15H22F2N2O. The molecule has 20 heavy (non-hydrogen) atoms. The Bertz CT molecular complexity index is 434. The number of nitrogens with zero attached hydrogens (tertiary/aromatic N) is 1. The maximum absolute atomic E-state index is 13.4. The number of piperidine rings is 1. The minimum Gasteiger partial charge on any atom is -0.395 e. The van der Waals surface area contributed by atoms with Gasteiger partial charge < -0.3 is 15.7 Å². The van der Waals surface area contributed by atoms with Crippen LogP contribution in [0, 0.1) is 17.6 Å². The zero-order chi connectivity index (χ0) is 14.5.